The lowest BCUT2D eigenvalue weighted by molar-refractivity contribution is 0.291. The van der Waals surface area contributed by atoms with E-state index in [0.29, 0.717) is 29.5 Å². The van der Waals surface area contributed by atoms with Crippen LogP contribution in [-0.4, -0.2) is 22.2 Å². The summed E-state index contributed by atoms with van der Waals surface area (Å²) in [5, 5.41) is 11.8. The normalized spacial score (nSPS) is 10.3. The van der Waals surface area contributed by atoms with E-state index in [2.05, 4.69) is 5.10 Å². The third-order valence-electron chi connectivity index (χ3n) is 2.38. The van der Waals surface area contributed by atoms with Gasteiger partial charge >= 0.3 is 0 Å². The van der Waals surface area contributed by atoms with E-state index in [1.54, 1.807) is 29.1 Å². The Kier molecular flexibility index (Phi) is 3.84. The summed E-state index contributed by atoms with van der Waals surface area (Å²) in [6.45, 7) is 1.12. The van der Waals surface area contributed by atoms with E-state index in [9.17, 15) is 0 Å². The first-order valence-electron chi connectivity index (χ1n) is 5.41. The Morgan fingerprint density at radius 3 is 2.94 bits per heavy atom. The van der Waals surface area contributed by atoms with E-state index in [0.717, 1.165) is 0 Å². The minimum atomic E-state index is -0.0139. The Labute approximate surface area is 110 Å². The zero-order valence-electron chi connectivity index (χ0n) is 9.64. The first-order valence-corrected chi connectivity index (χ1v) is 5.79. The second-order valence-electron chi connectivity index (χ2n) is 3.68. The second kappa shape index (κ2) is 5.55. The maximum atomic E-state index is 7.30. The molecule has 0 amide bonds. The number of rotatable bonds is 5. The van der Waals surface area contributed by atoms with Crippen molar-refractivity contribution >= 4 is 17.4 Å². The number of hydrogen-bond donors (Lipinski definition) is 2. The summed E-state index contributed by atoms with van der Waals surface area (Å²) in [5.74, 6) is 0.564. The average molecular weight is 265 g/mol. The topological polar surface area (TPSA) is 76.9 Å². The molecule has 1 aromatic heterocycles. The summed E-state index contributed by atoms with van der Waals surface area (Å²) in [6, 6.07) is 6.89. The predicted molar refractivity (Wildman–Crippen MR) is 70.2 cm³/mol. The third-order valence-corrected chi connectivity index (χ3v) is 2.68. The van der Waals surface area contributed by atoms with Crippen LogP contribution in [0.4, 0.5) is 0 Å². The molecule has 0 radical (unpaired) electrons. The zero-order valence-corrected chi connectivity index (χ0v) is 10.4. The van der Waals surface area contributed by atoms with Crippen molar-refractivity contribution in [1.29, 1.82) is 5.41 Å². The van der Waals surface area contributed by atoms with Crippen LogP contribution in [0, 0.1) is 5.41 Å². The maximum Gasteiger partial charge on any atom is 0.138 e. The first-order chi connectivity index (χ1) is 8.66. The van der Waals surface area contributed by atoms with Gasteiger partial charge in [-0.3, -0.25) is 10.1 Å². The average Bonchev–Trinajstić information content (AvgIpc) is 2.84. The van der Waals surface area contributed by atoms with Gasteiger partial charge in [0, 0.05) is 18.0 Å². The SMILES string of the molecule is N=C(N)c1ccc(OCCn2cccn2)c(Cl)c1. The molecule has 0 aliphatic heterocycles. The monoisotopic (exact) mass is 264 g/mol. The molecule has 0 aliphatic carbocycles. The Hall–Kier alpha value is -2.01. The number of benzene rings is 1. The smallest absolute Gasteiger partial charge is 0.138 e. The standard InChI is InChI=1S/C12H13ClN4O/c13-10-8-9(12(14)15)2-3-11(10)18-7-6-17-5-1-4-16-17/h1-5,8H,6-7H2,(H3,14,15). The van der Waals surface area contributed by atoms with Crippen molar-refractivity contribution in [3.8, 4) is 5.75 Å². The fraction of sp³-hybridized carbons (Fsp3) is 0.167. The predicted octanol–water partition coefficient (Wildman–Crippen LogP) is 1.90. The first kappa shape index (κ1) is 12.4. The van der Waals surface area contributed by atoms with E-state index in [1.807, 2.05) is 12.3 Å². The number of amidine groups is 1. The van der Waals surface area contributed by atoms with Crippen LogP contribution in [0.25, 0.3) is 0 Å². The van der Waals surface area contributed by atoms with Crippen LogP contribution in [0.3, 0.4) is 0 Å². The van der Waals surface area contributed by atoms with Gasteiger partial charge in [0.2, 0.25) is 0 Å². The quantitative estimate of drug-likeness (QED) is 0.640. The molecule has 5 nitrogen and oxygen atoms in total. The molecule has 0 unspecified atom stereocenters. The molecule has 1 heterocycles. The number of nitrogens with two attached hydrogens (primary N) is 1. The van der Waals surface area contributed by atoms with Crippen molar-refractivity contribution in [2.45, 2.75) is 6.54 Å². The van der Waals surface area contributed by atoms with Crippen LogP contribution >= 0.6 is 11.6 Å². The number of nitrogen functional groups attached to an aromatic ring is 1. The van der Waals surface area contributed by atoms with Gasteiger partial charge in [0.1, 0.15) is 18.2 Å². The number of aromatic nitrogens is 2. The van der Waals surface area contributed by atoms with Gasteiger partial charge in [-0.15, -0.1) is 0 Å². The van der Waals surface area contributed by atoms with E-state index < -0.39 is 0 Å². The maximum absolute atomic E-state index is 7.30. The highest BCUT2D eigenvalue weighted by Crippen LogP contribution is 2.25. The Morgan fingerprint density at radius 1 is 1.50 bits per heavy atom. The van der Waals surface area contributed by atoms with Crippen LogP contribution < -0.4 is 10.5 Å². The van der Waals surface area contributed by atoms with Gasteiger partial charge in [0.25, 0.3) is 0 Å². The minimum absolute atomic E-state index is 0.0139. The third kappa shape index (κ3) is 3.01. The molecule has 3 N–H and O–H groups in total. The minimum Gasteiger partial charge on any atom is -0.490 e. The molecule has 2 rings (SSSR count). The fourth-order valence-corrected chi connectivity index (χ4v) is 1.70. The molecule has 1 aromatic carbocycles. The molecular formula is C12H13ClN4O. The van der Waals surface area contributed by atoms with Crippen molar-refractivity contribution in [2.75, 3.05) is 6.61 Å². The van der Waals surface area contributed by atoms with Crippen LogP contribution in [0.5, 0.6) is 5.75 Å². The summed E-state index contributed by atoms with van der Waals surface area (Å²) in [7, 11) is 0. The molecule has 0 bridgehead atoms. The second-order valence-corrected chi connectivity index (χ2v) is 4.08. The van der Waals surface area contributed by atoms with Gasteiger partial charge in [0.15, 0.2) is 0 Å². The molecule has 0 aliphatic rings. The summed E-state index contributed by atoms with van der Waals surface area (Å²) in [5.41, 5.74) is 5.95. The van der Waals surface area contributed by atoms with Gasteiger partial charge in [-0.2, -0.15) is 5.10 Å². The molecular weight excluding hydrogens is 252 g/mol. The lowest BCUT2D eigenvalue weighted by atomic mass is 10.2. The molecule has 0 fully saturated rings. The molecule has 94 valence electrons. The Bertz CT molecular complexity index is 539. The number of ether oxygens (including phenoxy) is 1. The fourth-order valence-electron chi connectivity index (χ4n) is 1.47. The van der Waals surface area contributed by atoms with Crippen LogP contribution in [0.15, 0.2) is 36.7 Å². The van der Waals surface area contributed by atoms with E-state index in [1.165, 1.54) is 0 Å². The Morgan fingerprint density at radius 2 is 2.33 bits per heavy atom. The number of nitrogens with zero attached hydrogens (tertiary/aromatic N) is 2. The van der Waals surface area contributed by atoms with Gasteiger partial charge in [-0.1, -0.05) is 11.6 Å². The highest BCUT2D eigenvalue weighted by Gasteiger charge is 2.04. The van der Waals surface area contributed by atoms with Gasteiger partial charge < -0.3 is 10.5 Å². The number of nitrogens with one attached hydrogen (secondary N) is 1. The molecule has 2 aromatic rings. The van der Waals surface area contributed by atoms with Crippen molar-refractivity contribution in [3.05, 3.63) is 47.2 Å². The van der Waals surface area contributed by atoms with Gasteiger partial charge in [0.05, 0.1) is 11.6 Å². The zero-order chi connectivity index (χ0) is 13.0. The van der Waals surface area contributed by atoms with Crippen molar-refractivity contribution in [1.82, 2.24) is 9.78 Å². The van der Waals surface area contributed by atoms with Crippen molar-refractivity contribution in [2.24, 2.45) is 5.73 Å². The van der Waals surface area contributed by atoms with Crippen LogP contribution in [0.1, 0.15) is 5.56 Å². The van der Waals surface area contributed by atoms with Crippen LogP contribution in [-0.2, 0) is 6.54 Å². The van der Waals surface area contributed by atoms with Crippen molar-refractivity contribution in [3.63, 3.8) is 0 Å². The molecule has 0 spiro atoms. The molecule has 0 atom stereocenters. The summed E-state index contributed by atoms with van der Waals surface area (Å²) in [4.78, 5) is 0. The molecule has 0 saturated carbocycles. The van der Waals surface area contributed by atoms with Gasteiger partial charge in [-0.05, 0) is 24.3 Å². The summed E-state index contributed by atoms with van der Waals surface area (Å²) >= 11 is 6.03. The number of hydrogen-bond acceptors (Lipinski definition) is 3. The summed E-state index contributed by atoms with van der Waals surface area (Å²) < 4.78 is 7.32. The lowest BCUT2D eigenvalue weighted by Crippen LogP contribution is -2.11. The van der Waals surface area contributed by atoms with E-state index in [4.69, 9.17) is 27.5 Å². The highest BCUT2D eigenvalue weighted by atomic mass is 35.5. The van der Waals surface area contributed by atoms with Gasteiger partial charge in [-0.25, -0.2) is 0 Å². The summed E-state index contributed by atoms with van der Waals surface area (Å²) in [6.07, 6.45) is 3.58. The largest absolute Gasteiger partial charge is 0.490 e. The highest BCUT2D eigenvalue weighted by molar-refractivity contribution is 6.32. The Balaban J connectivity index is 1.95. The van der Waals surface area contributed by atoms with E-state index in [-0.39, 0.29) is 5.84 Å². The number of halogens is 1. The lowest BCUT2D eigenvalue weighted by Gasteiger charge is -2.09. The van der Waals surface area contributed by atoms with E-state index >= 15 is 0 Å². The molecule has 6 heteroatoms. The van der Waals surface area contributed by atoms with Crippen molar-refractivity contribution < 1.29 is 4.74 Å². The molecule has 0 saturated heterocycles. The van der Waals surface area contributed by atoms with Crippen LogP contribution in [0.2, 0.25) is 5.02 Å². The molecule has 18 heavy (non-hydrogen) atoms.